The first-order valence-electron chi connectivity index (χ1n) is 8.06. The van der Waals surface area contributed by atoms with E-state index in [9.17, 15) is 14.4 Å². The maximum Gasteiger partial charge on any atom is 0.335 e. The third-order valence-electron chi connectivity index (χ3n) is 3.66. The van der Waals surface area contributed by atoms with Crippen LogP contribution >= 0.6 is 0 Å². The Balaban J connectivity index is 0.000000294. The predicted octanol–water partition coefficient (Wildman–Crippen LogP) is -0.393. The Morgan fingerprint density at radius 2 is 1.65 bits per heavy atom. The largest absolute Gasteiger partial charge is 0.479 e. The molecule has 0 amide bonds. The summed E-state index contributed by atoms with van der Waals surface area (Å²) in [4.78, 5) is 31.3. The summed E-state index contributed by atoms with van der Waals surface area (Å²) in [6.07, 6.45) is -2.53. The zero-order chi connectivity index (χ0) is 19.5. The second-order valence-electron chi connectivity index (χ2n) is 5.70. The molecule has 0 saturated carbocycles. The van der Waals surface area contributed by atoms with Crippen molar-refractivity contribution < 1.29 is 39.5 Å². The van der Waals surface area contributed by atoms with Crippen molar-refractivity contribution >= 4 is 17.9 Å². The maximum absolute atomic E-state index is 11.7. The van der Waals surface area contributed by atoms with Crippen LogP contribution in [0.3, 0.4) is 0 Å². The van der Waals surface area contributed by atoms with E-state index in [1.807, 2.05) is 30.3 Å². The number of aliphatic hydroxyl groups is 2. The topological polar surface area (TPSA) is 153 Å². The Labute approximate surface area is 150 Å². The summed E-state index contributed by atoms with van der Waals surface area (Å²) in [7, 11) is 0. The van der Waals surface area contributed by atoms with Crippen molar-refractivity contribution in [3.8, 4) is 0 Å². The Morgan fingerprint density at radius 1 is 1.08 bits per heavy atom. The fourth-order valence-corrected chi connectivity index (χ4v) is 2.17. The van der Waals surface area contributed by atoms with Crippen LogP contribution in [0, 0.1) is 5.92 Å². The van der Waals surface area contributed by atoms with Gasteiger partial charge in [-0.3, -0.25) is 4.79 Å². The molecule has 3 atom stereocenters. The van der Waals surface area contributed by atoms with Gasteiger partial charge in [-0.25, -0.2) is 9.59 Å². The number of hydrogen-bond donors (Lipinski definition) is 5. The maximum atomic E-state index is 11.7. The number of esters is 1. The molecule has 0 spiro atoms. The van der Waals surface area contributed by atoms with Crippen molar-refractivity contribution in [3.05, 3.63) is 35.9 Å². The van der Waals surface area contributed by atoms with E-state index < -0.39 is 24.1 Å². The Morgan fingerprint density at radius 3 is 2.12 bits per heavy atom. The normalized spacial score (nSPS) is 18.6. The molecule has 0 aliphatic carbocycles. The van der Waals surface area contributed by atoms with Gasteiger partial charge in [-0.1, -0.05) is 30.3 Å². The zero-order valence-electron chi connectivity index (χ0n) is 14.1. The first kappa shape index (κ1) is 21.6. The number of carbonyl (C=O) groups excluding carboxylic acids is 1. The summed E-state index contributed by atoms with van der Waals surface area (Å²) in [5, 5.41) is 35.7. The quantitative estimate of drug-likeness (QED) is 0.422. The number of aliphatic carboxylic acids is 2. The number of rotatable bonds is 6. The van der Waals surface area contributed by atoms with Gasteiger partial charge in [-0.05, 0) is 24.9 Å². The van der Waals surface area contributed by atoms with Crippen LogP contribution in [0.4, 0.5) is 0 Å². The molecule has 144 valence electrons. The van der Waals surface area contributed by atoms with Crippen molar-refractivity contribution in [2.75, 3.05) is 13.1 Å². The van der Waals surface area contributed by atoms with Gasteiger partial charge >= 0.3 is 17.9 Å². The number of ether oxygens (including phenoxy) is 1. The summed E-state index contributed by atoms with van der Waals surface area (Å²) in [6, 6.07) is 9.78. The number of hydrogen-bond acceptors (Lipinski definition) is 7. The molecule has 9 heteroatoms. The third-order valence-corrected chi connectivity index (χ3v) is 3.66. The molecule has 0 unspecified atom stereocenters. The average molecular weight is 369 g/mol. The lowest BCUT2D eigenvalue weighted by Crippen LogP contribution is -2.39. The number of piperidine rings is 1. The van der Waals surface area contributed by atoms with Crippen LogP contribution in [-0.4, -0.2) is 63.6 Å². The molecule has 0 aromatic heterocycles. The molecule has 1 saturated heterocycles. The summed E-state index contributed by atoms with van der Waals surface area (Å²) >= 11 is 0. The lowest BCUT2D eigenvalue weighted by molar-refractivity contribution is -0.165. The molecule has 1 aliphatic heterocycles. The number of aliphatic hydroxyl groups excluding tert-OH is 2. The van der Waals surface area contributed by atoms with Crippen LogP contribution in [0.2, 0.25) is 0 Å². The van der Waals surface area contributed by atoms with Crippen molar-refractivity contribution in [1.29, 1.82) is 0 Å². The highest BCUT2D eigenvalue weighted by Gasteiger charge is 2.29. The molecule has 1 aromatic rings. The molecule has 1 aliphatic rings. The van der Waals surface area contributed by atoms with E-state index in [4.69, 9.17) is 25.2 Å². The molecule has 9 nitrogen and oxygen atoms in total. The fourth-order valence-electron chi connectivity index (χ4n) is 2.17. The lowest BCUT2D eigenvalue weighted by Gasteiger charge is -2.21. The molecule has 1 fully saturated rings. The van der Waals surface area contributed by atoms with Gasteiger partial charge in [-0.15, -0.1) is 0 Å². The van der Waals surface area contributed by atoms with E-state index >= 15 is 0 Å². The van der Waals surface area contributed by atoms with Gasteiger partial charge in [0.15, 0.2) is 12.2 Å². The van der Waals surface area contributed by atoms with Crippen LogP contribution in [0.5, 0.6) is 0 Å². The van der Waals surface area contributed by atoms with Gasteiger partial charge in [-0.2, -0.15) is 0 Å². The SMILES string of the molecule is O=C(O)[C@H](O)[C@@H](O)C(=O)O.O=C(OCc1ccccc1)[C@H]1CCCNC1. The first-order valence-corrected chi connectivity index (χ1v) is 8.06. The van der Waals surface area contributed by atoms with Gasteiger partial charge in [0, 0.05) is 6.54 Å². The number of benzene rings is 1. The van der Waals surface area contributed by atoms with Gasteiger partial charge < -0.3 is 30.5 Å². The first-order chi connectivity index (χ1) is 12.3. The lowest BCUT2D eigenvalue weighted by atomic mass is 10.0. The molecule has 2 rings (SSSR count). The van der Waals surface area contributed by atoms with Crippen molar-refractivity contribution in [3.63, 3.8) is 0 Å². The number of carbonyl (C=O) groups is 3. The summed E-state index contributed by atoms with van der Waals surface area (Å²) in [5.74, 6) is -3.57. The van der Waals surface area contributed by atoms with Crippen molar-refractivity contribution in [1.82, 2.24) is 5.32 Å². The van der Waals surface area contributed by atoms with Gasteiger partial charge in [0.25, 0.3) is 0 Å². The molecule has 0 radical (unpaired) electrons. The van der Waals surface area contributed by atoms with E-state index in [0.29, 0.717) is 6.61 Å². The third kappa shape index (κ3) is 7.60. The molecule has 0 bridgehead atoms. The monoisotopic (exact) mass is 369 g/mol. The zero-order valence-corrected chi connectivity index (χ0v) is 14.1. The van der Waals surface area contributed by atoms with Crippen molar-refractivity contribution in [2.24, 2.45) is 5.92 Å². The van der Waals surface area contributed by atoms with Crippen LogP contribution in [0.15, 0.2) is 30.3 Å². The predicted molar refractivity (Wildman–Crippen MR) is 89.1 cm³/mol. The minimum absolute atomic E-state index is 0.0393. The van der Waals surface area contributed by atoms with Gasteiger partial charge in [0.2, 0.25) is 0 Å². The molecule has 5 N–H and O–H groups in total. The fraction of sp³-hybridized carbons (Fsp3) is 0.471. The molecule has 1 heterocycles. The summed E-state index contributed by atoms with van der Waals surface area (Å²) in [6.45, 7) is 2.16. The molecule has 26 heavy (non-hydrogen) atoms. The molecular weight excluding hydrogens is 346 g/mol. The van der Waals surface area contributed by atoms with E-state index in [1.165, 1.54) is 0 Å². The molecular formula is C17H23NO8. The summed E-state index contributed by atoms with van der Waals surface area (Å²) < 4.78 is 5.29. The van der Waals surface area contributed by atoms with Gasteiger partial charge in [0.05, 0.1) is 5.92 Å². The second-order valence-corrected chi connectivity index (χ2v) is 5.70. The Hall–Kier alpha value is -2.49. The number of carboxylic acids is 2. The smallest absolute Gasteiger partial charge is 0.335 e. The van der Waals surface area contributed by atoms with Crippen LogP contribution in [-0.2, 0) is 25.7 Å². The van der Waals surface area contributed by atoms with Crippen molar-refractivity contribution in [2.45, 2.75) is 31.7 Å². The second kappa shape index (κ2) is 11.2. The number of carboxylic acid groups (broad SMARTS) is 2. The van der Waals surface area contributed by atoms with E-state index in [0.717, 1.165) is 31.5 Å². The minimum Gasteiger partial charge on any atom is -0.479 e. The Bertz CT molecular complexity index is 568. The van der Waals surface area contributed by atoms with Crippen LogP contribution in [0.1, 0.15) is 18.4 Å². The van der Waals surface area contributed by atoms with E-state index in [2.05, 4.69) is 5.32 Å². The van der Waals surface area contributed by atoms with Gasteiger partial charge in [0.1, 0.15) is 6.61 Å². The highest BCUT2D eigenvalue weighted by molar-refractivity contribution is 5.83. The highest BCUT2D eigenvalue weighted by Crippen LogP contribution is 2.12. The average Bonchev–Trinajstić information content (AvgIpc) is 2.66. The van der Waals surface area contributed by atoms with Crippen LogP contribution in [0.25, 0.3) is 0 Å². The molecule has 1 aromatic carbocycles. The van der Waals surface area contributed by atoms with Crippen LogP contribution < -0.4 is 5.32 Å². The number of nitrogens with one attached hydrogen (secondary N) is 1. The Kier molecular flexibility index (Phi) is 9.27. The van der Waals surface area contributed by atoms with E-state index in [1.54, 1.807) is 0 Å². The standard InChI is InChI=1S/C13H17NO2.C4H6O6/c15-13(12-7-4-8-14-9-12)16-10-11-5-2-1-3-6-11;5-1(3(7)8)2(6)4(9)10/h1-3,5-6,12,14H,4,7-10H2;1-2,5-6H,(H,7,8)(H,9,10)/t12-;1-,2-/m01/s1. The highest BCUT2D eigenvalue weighted by atomic mass is 16.5. The van der Waals surface area contributed by atoms with E-state index in [-0.39, 0.29) is 11.9 Å². The minimum atomic E-state index is -2.27. The summed E-state index contributed by atoms with van der Waals surface area (Å²) in [5.41, 5.74) is 1.04.